The van der Waals surface area contributed by atoms with Gasteiger partial charge in [-0.2, -0.15) is 0 Å². The van der Waals surface area contributed by atoms with E-state index in [1.165, 1.54) is 11.8 Å². The van der Waals surface area contributed by atoms with Crippen LogP contribution >= 0.6 is 34.4 Å². The molecule has 1 aliphatic rings. The predicted molar refractivity (Wildman–Crippen MR) is 123 cm³/mol. The summed E-state index contributed by atoms with van der Waals surface area (Å²) < 4.78 is 7.92. The van der Waals surface area contributed by atoms with Crippen LogP contribution in [0.3, 0.4) is 0 Å². The fourth-order valence-electron chi connectivity index (χ4n) is 3.27. The summed E-state index contributed by atoms with van der Waals surface area (Å²) in [6, 6.07) is 15.1. The number of halogens is 1. The predicted octanol–water partition coefficient (Wildman–Crippen LogP) is 3.33. The average molecular weight is 521 g/mol. The third kappa shape index (κ3) is 4.34. The molecule has 1 unspecified atom stereocenters. The molecule has 29 heavy (non-hydrogen) atoms. The molecule has 0 radical (unpaired) electrons. The summed E-state index contributed by atoms with van der Waals surface area (Å²) in [6.07, 6.45) is 0. The minimum atomic E-state index is -0.365. The van der Waals surface area contributed by atoms with Gasteiger partial charge in [-0.1, -0.05) is 30.0 Å². The van der Waals surface area contributed by atoms with Gasteiger partial charge < -0.3 is 9.64 Å². The summed E-state index contributed by atoms with van der Waals surface area (Å²) in [6.45, 7) is 4.18. The van der Waals surface area contributed by atoms with E-state index < -0.39 is 0 Å². The van der Waals surface area contributed by atoms with Crippen molar-refractivity contribution in [2.24, 2.45) is 0 Å². The number of morpholine rings is 1. The van der Waals surface area contributed by atoms with Crippen LogP contribution < -0.4 is 5.56 Å². The number of carbonyl (C=O) groups is 1. The number of nitrogens with zero attached hydrogens (tertiary/aromatic N) is 3. The van der Waals surface area contributed by atoms with Gasteiger partial charge in [-0.25, -0.2) is 4.98 Å². The summed E-state index contributed by atoms with van der Waals surface area (Å²) in [7, 11) is 0. The Kier molecular flexibility index (Phi) is 6.21. The van der Waals surface area contributed by atoms with Gasteiger partial charge in [0, 0.05) is 16.7 Å². The SMILES string of the molecule is CC(Sc1nc2ccc(I)cc2c(=O)n1-c1ccccc1)C(=O)N1CCOCC1. The van der Waals surface area contributed by atoms with Crippen LogP contribution in [-0.2, 0) is 9.53 Å². The number of benzene rings is 2. The first kappa shape index (κ1) is 20.4. The van der Waals surface area contributed by atoms with Crippen molar-refractivity contribution in [1.29, 1.82) is 0 Å². The van der Waals surface area contributed by atoms with Gasteiger partial charge in [0.25, 0.3) is 5.56 Å². The van der Waals surface area contributed by atoms with E-state index in [-0.39, 0.29) is 16.7 Å². The Hall–Kier alpha value is -1.91. The van der Waals surface area contributed by atoms with Crippen LogP contribution in [0.1, 0.15) is 6.92 Å². The van der Waals surface area contributed by atoms with E-state index in [1.807, 2.05) is 60.4 Å². The number of amides is 1. The number of fused-ring (bicyclic) bond motifs is 1. The minimum absolute atomic E-state index is 0.0369. The van der Waals surface area contributed by atoms with Crippen molar-refractivity contribution in [2.75, 3.05) is 26.3 Å². The van der Waals surface area contributed by atoms with Crippen molar-refractivity contribution >= 4 is 51.2 Å². The van der Waals surface area contributed by atoms with E-state index in [1.54, 1.807) is 4.57 Å². The first-order valence-corrected chi connectivity index (χ1v) is 11.3. The Labute approximate surface area is 186 Å². The molecule has 0 spiro atoms. The quantitative estimate of drug-likeness (QED) is 0.300. The zero-order chi connectivity index (χ0) is 20.4. The molecule has 6 nitrogen and oxygen atoms in total. The van der Waals surface area contributed by atoms with E-state index in [4.69, 9.17) is 9.72 Å². The van der Waals surface area contributed by atoms with Crippen LogP contribution in [-0.4, -0.2) is 51.9 Å². The minimum Gasteiger partial charge on any atom is -0.378 e. The van der Waals surface area contributed by atoms with E-state index in [2.05, 4.69) is 22.6 Å². The van der Waals surface area contributed by atoms with Gasteiger partial charge in [-0.3, -0.25) is 14.2 Å². The lowest BCUT2D eigenvalue weighted by atomic mass is 10.2. The fraction of sp³-hybridized carbons (Fsp3) is 0.286. The lowest BCUT2D eigenvalue weighted by Gasteiger charge is -2.29. The Morgan fingerprint density at radius 3 is 2.62 bits per heavy atom. The van der Waals surface area contributed by atoms with E-state index >= 15 is 0 Å². The molecule has 150 valence electrons. The lowest BCUT2D eigenvalue weighted by Crippen LogP contribution is -2.44. The monoisotopic (exact) mass is 521 g/mol. The largest absolute Gasteiger partial charge is 0.378 e. The van der Waals surface area contributed by atoms with Gasteiger partial charge in [0.05, 0.1) is 35.1 Å². The second-order valence-corrected chi connectivity index (χ2v) is 9.28. The molecule has 1 aliphatic heterocycles. The van der Waals surface area contributed by atoms with Crippen molar-refractivity contribution in [2.45, 2.75) is 17.3 Å². The molecule has 2 heterocycles. The Balaban J connectivity index is 1.77. The fourth-order valence-corrected chi connectivity index (χ4v) is 4.77. The number of aromatic nitrogens is 2. The van der Waals surface area contributed by atoms with E-state index in [0.29, 0.717) is 42.4 Å². The van der Waals surface area contributed by atoms with Crippen LogP contribution in [0.15, 0.2) is 58.5 Å². The second kappa shape index (κ2) is 8.85. The summed E-state index contributed by atoms with van der Waals surface area (Å²) in [4.78, 5) is 32.8. The number of hydrogen-bond acceptors (Lipinski definition) is 5. The van der Waals surface area contributed by atoms with Crippen molar-refractivity contribution in [3.8, 4) is 5.69 Å². The van der Waals surface area contributed by atoms with Crippen LogP contribution in [0, 0.1) is 3.57 Å². The van der Waals surface area contributed by atoms with Crippen LogP contribution in [0.4, 0.5) is 0 Å². The van der Waals surface area contributed by atoms with Gasteiger partial charge in [0.1, 0.15) is 0 Å². The molecule has 1 atom stereocenters. The van der Waals surface area contributed by atoms with Crippen molar-refractivity contribution in [3.05, 3.63) is 62.5 Å². The number of para-hydroxylation sites is 1. The van der Waals surface area contributed by atoms with E-state index in [0.717, 1.165) is 9.26 Å². The number of rotatable bonds is 4. The molecule has 3 aromatic rings. The Morgan fingerprint density at radius 1 is 1.17 bits per heavy atom. The average Bonchev–Trinajstić information content (AvgIpc) is 2.75. The van der Waals surface area contributed by atoms with Gasteiger partial charge in [0.15, 0.2) is 5.16 Å². The Bertz CT molecular complexity index is 1100. The number of thioether (sulfide) groups is 1. The third-order valence-electron chi connectivity index (χ3n) is 4.77. The maximum atomic E-state index is 13.3. The second-order valence-electron chi connectivity index (χ2n) is 6.73. The summed E-state index contributed by atoms with van der Waals surface area (Å²) in [5, 5.41) is 0.720. The Morgan fingerprint density at radius 2 is 1.90 bits per heavy atom. The molecule has 1 aromatic heterocycles. The maximum Gasteiger partial charge on any atom is 0.266 e. The van der Waals surface area contributed by atoms with Crippen molar-refractivity contribution in [3.63, 3.8) is 0 Å². The molecule has 4 rings (SSSR count). The number of ether oxygens (including phenoxy) is 1. The van der Waals surface area contributed by atoms with Crippen LogP contribution in [0.25, 0.3) is 16.6 Å². The summed E-state index contributed by atoms with van der Waals surface area (Å²) >= 11 is 3.51. The van der Waals surface area contributed by atoms with Gasteiger partial charge in [-0.05, 0) is 59.8 Å². The number of carbonyl (C=O) groups excluding carboxylic acids is 1. The van der Waals surface area contributed by atoms with Crippen molar-refractivity contribution in [1.82, 2.24) is 14.5 Å². The molecule has 1 saturated heterocycles. The van der Waals surface area contributed by atoms with Gasteiger partial charge in [0.2, 0.25) is 5.91 Å². The lowest BCUT2D eigenvalue weighted by molar-refractivity contribution is -0.134. The molecule has 2 aromatic carbocycles. The first-order chi connectivity index (χ1) is 14.0. The molecule has 8 heteroatoms. The summed E-state index contributed by atoms with van der Waals surface area (Å²) in [5.41, 5.74) is 1.24. The number of hydrogen-bond donors (Lipinski definition) is 0. The standard InChI is InChI=1S/C21H20IN3O3S/c1-14(19(26)24-9-11-28-12-10-24)29-21-23-18-8-7-15(22)13-17(18)20(27)25(21)16-5-3-2-4-6-16/h2-8,13-14H,9-12H2,1H3. The van der Waals surface area contributed by atoms with E-state index in [9.17, 15) is 9.59 Å². The molecule has 1 amide bonds. The summed E-state index contributed by atoms with van der Waals surface area (Å²) in [5.74, 6) is 0.0369. The topological polar surface area (TPSA) is 64.4 Å². The highest BCUT2D eigenvalue weighted by Crippen LogP contribution is 2.26. The highest BCUT2D eigenvalue weighted by Gasteiger charge is 2.25. The van der Waals surface area contributed by atoms with Gasteiger partial charge in [-0.15, -0.1) is 0 Å². The molecule has 0 N–H and O–H groups in total. The highest BCUT2D eigenvalue weighted by molar-refractivity contribution is 14.1. The van der Waals surface area contributed by atoms with Crippen LogP contribution in [0.5, 0.6) is 0 Å². The van der Waals surface area contributed by atoms with Crippen molar-refractivity contribution < 1.29 is 9.53 Å². The van der Waals surface area contributed by atoms with Gasteiger partial charge >= 0.3 is 0 Å². The third-order valence-corrected chi connectivity index (χ3v) is 6.48. The molecular weight excluding hydrogens is 501 g/mol. The molecular formula is C21H20IN3O3S. The normalized spacial score (nSPS) is 15.4. The van der Waals surface area contributed by atoms with Crippen LogP contribution in [0.2, 0.25) is 0 Å². The molecule has 0 bridgehead atoms. The first-order valence-electron chi connectivity index (χ1n) is 9.35. The maximum absolute atomic E-state index is 13.3. The zero-order valence-electron chi connectivity index (χ0n) is 15.9. The zero-order valence-corrected chi connectivity index (χ0v) is 18.9. The molecule has 0 aliphatic carbocycles. The molecule has 1 fully saturated rings. The molecule has 0 saturated carbocycles. The smallest absolute Gasteiger partial charge is 0.266 e. The highest BCUT2D eigenvalue weighted by atomic mass is 127.